The molecular formula is C16H26N2. The van der Waals surface area contributed by atoms with Gasteiger partial charge in [0.15, 0.2) is 0 Å². The van der Waals surface area contributed by atoms with Crippen LogP contribution in [0.25, 0.3) is 0 Å². The number of hydrogen-bond donors (Lipinski definition) is 1. The number of anilines is 1. The topological polar surface area (TPSA) is 29.3 Å². The fraction of sp³-hybridized carbons (Fsp3) is 0.625. The Kier molecular flexibility index (Phi) is 3.96. The number of likely N-dealkylation sites (tertiary alicyclic amines) is 1. The van der Waals surface area contributed by atoms with Crippen molar-refractivity contribution in [2.45, 2.75) is 39.5 Å². The molecule has 2 rings (SSSR count). The summed E-state index contributed by atoms with van der Waals surface area (Å²) in [6.45, 7) is 10.8. The standard InChI is InChI=1S/C16H26N2/c1-13(14-4-6-15(17)7-5-14)8-10-18-11-9-16(2,3)12-18/h4-7,13H,8-12,17H2,1-3H3. The van der Waals surface area contributed by atoms with Gasteiger partial charge < -0.3 is 10.6 Å². The summed E-state index contributed by atoms with van der Waals surface area (Å²) in [5.41, 5.74) is 8.50. The number of rotatable bonds is 4. The minimum absolute atomic E-state index is 0.518. The van der Waals surface area contributed by atoms with Crippen molar-refractivity contribution in [2.24, 2.45) is 5.41 Å². The third-order valence-corrected chi connectivity index (χ3v) is 4.14. The van der Waals surface area contributed by atoms with Crippen LogP contribution in [0.15, 0.2) is 24.3 Å². The Morgan fingerprint density at radius 1 is 1.28 bits per heavy atom. The fourth-order valence-electron chi connectivity index (χ4n) is 2.78. The molecule has 2 heteroatoms. The molecule has 0 saturated carbocycles. The van der Waals surface area contributed by atoms with Crippen LogP contribution in [0, 0.1) is 5.41 Å². The summed E-state index contributed by atoms with van der Waals surface area (Å²) >= 11 is 0. The first-order valence-electron chi connectivity index (χ1n) is 7.04. The summed E-state index contributed by atoms with van der Waals surface area (Å²) in [4.78, 5) is 2.60. The highest BCUT2D eigenvalue weighted by atomic mass is 15.1. The first kappa shape index (κ1) is 13.4. The average Bonchev–Trinajstić information content (AvgIpc) is 2.67. The summed E-state index contributed by atoms with van der Waals surface area (Å²) in [5.74, 6) is 0.620. The van der Waals surface area contributed by atoms with Gasteiger partial charge in [0.25, 0.3) is 0 Å². The van der Waals surface area contributed by atoms with Crippen molar-refractivity contribution in [1.82, 2.24) is 4.90 Å². The second-order valence-electron chi connectivity index (χ2n) is 6.55. The zero-order valence-electron chi connectivity index (χ0n) is 11.9. The van der Waals surface area contributed by atoms with Crippen LogP contribution in [0.3, 0.4) is 0 Å². The predicted octanol–water partition coefficient (Wildman–Crippen LogP) is 3.49. The van der Waals surface area contributed by atoms with Crippen molar-refractivity contribution >= 4 is 5.69 Å². The van der Waals surface area contributed by atoms with Crippen molar-refractivity contribution in [3.8, 4) is 0 Å². The molecule has 1 aromatic carbocycles. The van der Waals surface area contributed by atoms with Gasteiger partial charge in [-0.2, -0.15) is 0 Å². The van der Waals surface area contributed by atoms with Gasteiger partial charge in [0.1, 0.15) is 0 Å². The van der Waals surface area contributed by atoms with Gasteiger partial charge in [-0.25, -0.2) is 0 Å². The largest absolute Gasteiger partial charge is 0.399 e. The van der Waals surface area contributed by atoms with E-state index in [1.165, 1.54) is 38.0 Å². The van der Waals surface area contributed by atoms with Gasteiger partial charge in [0.2, 0.25) is 0 Å². The molecule has 2 N–H and O–H groups in total. The van der Waals surface area contributed by atoms with E-state index in [4.69, 9.17) is 5.73 Å². The van der Waals surface area contributed by atoms with E-state index in [1.54, 1.807) is 0 Å². The van der Waals surface area contributed by atoms with Crippen molar-refractivity contribution in [3.05, 3.63) is 29.8 Å². The summed E-state index contributed by atoms with van der Waals surface area (Å²) in [6.07, 6.45) is 2.57. The van der Waals surface area contributed by atoms with Crippen molar-refractivity contribution < 1.29 is 0 Å². The Morgan fingerprint density at radius 2 is 1.94 bits per heavy atom. The predicted molar refractivity (Wildman–Crippen MR) is 78.7 cm³/mol. The molecule has 0 amide bonds. The molecule has 0 spiro atoms. The van der Waals surface area contributed by atoms with Gasteiger partial charge in [0, 0.05) is 12.2 Å². The Hall–Kier alpha value is -1.02. The lowest BCUT2D eigenvalue weighted by atomic mass is 9.93. The third-order valence-electron chi connectivity index (χ3n) is 4.14. The van der Waals surface area contributed by atoms with E-state index in [9.17, 15) is 0 Å². The van der Waals surface area contributed by atoms with E-state index in [1.807, 2.05) is 12.1 Å². The Morgan fingerprint density at radius 3 is 2.50 bits per heavy atom. The minimum Gasteiger partial charge on any atom is -0.399 e. The van der Waals surface area contributed by atoms with Gasteiger partial charge in [-0.3, -0.25) is 0 Å². The molecule has 1 atom stereocenters. The van der Waals surface area contributed by atoms with Crippen molar-refractivity contribution in [2.75, 3.05) is 25.4 Å². The monoisotopic (exact) mass is 246 g/mol. The summed E-state index contributed by atoms with van der Waals surface area (Å²) in [5, 5.41) is 0. The quantitative estimate of drug-likeness (QED) is 0.824. The normalized spacial score (nSPS) is 21.1. The van der Waals surface area contributed by atoms with Crippen LogP contribution < -0.4 is 5.73 Å². The minimum atomic E-state index is 0.518. The maximum atomic E-state index is 5.72. The maximum absolute atomic E-state index is 5.72. The van der Waals surface area contributed by atoms with Crippen LogP contribution in [-0.4, -0.2) is 24.5 Å². The zero-order valence-corrected chi connectivity index (χ0v) is 11.9. The molecule has 2 nitrogen and oxygen atoms in total. The number of nitrogens with two attached hydrogens (primary N) is 1. The van der Waals surface area contributed by atoms with Crippen LogP contribution in [0.5, 0.6) is 0 Å². The first-order chi connectivity index (χ1) is 8.46. The third kappa shape index (κ3) is 3.49. The molecule has 1 aliphatic rings. The molecule has 100 valence electrons. The number of nitrogens with zero attached hydrogens (tertiary/aromatic N) is 1. The summed E-state index contributed by atoms with van der Waals surface area (Å²) in [7, 11) is 0. The molecule has 0 aromatic heterocycles. The second-order valence-corrected chi connectivity index (χ2v) is 6.55. The zero-order chi connectivity index (χ0) is 13.2. The van der Waals surface area contributed by atoms with Crippen LogP contribution in [-0.2, 0) is 0 Å². The smallest absolute Gasteiger partial charge is 0.0314 e. The van der Waals surface area contributed by atoms with E-state index in [2.05, 4.69) is 37.8 Å². The van der Waals surface area contributed by atoms with Crippen LogP contribution in [0.2, 0.25) is 0 Å². The van der Waals surface area contributed by atoms with E-state index in [-0.39, 0.29) is 0 Å². The SMILES string of the molecule is CC(CCN1CCC(C)(C)C1)c1ccc(N)cc1. The highest BCUT2D eigenvalue weighted by molar-refractivity contribution is 5.40. The molecule has 1 fully saturated rings. The average molecular weight is 246 g/mol. The molecule has 1 aliphatic heterocycles. The number of hydrogen-bond acceptors (Lipinski definition) is 2. The van der Waals surface area contributed by atoms with E-state index in [0.717, 1.165) is 5.69 Å². The number of benzene rings is 1. The van der Waals surface area contributed by atoms with Crippen LogP contribution in [0.4, 0.5) is 5.69 Å². The van der Waals surface area contributed by atoms with E-state index < -0.39 is 0 Å². The van der Waals surface area contributed by atoms with Crippen molar-refractivity contribution in [3.63, 3.8) is 0 Å². The molecule has 0 radical (unpaired) electrons. The van der Waals surface area contributed by atoms with Crippen LogP contribution >= 0.6 is 0 Å². The summed E-state index contributed by atoms with van der Waals surface area (Å²) < 4.78 is 0. The Bertz CT molecular complexity index is 381. The Labute approximate surface area is 111 Å². The van der Waals surface area contributed by atoms with E-state index >= 15 is 0 Å². The highest BCUT2D eigenvalue weighted by Crippen LogP contribution is 2.29. The lowest BCUT2D eigenvalue weighted by Gasteiger charge is -2.21. The molecule has 1 saturated heterocycles. The molecule has 1 unspecified atom stereocenters. The highest BCUT2D eigenvalue weighted by Gasteiger charge is 2.28. The molecule has 0 bridgehead atoms. The lowest BCUT2D eigenvalue weighted by molar-refractivity contribution is 0.282. The number of nitrogen functional groups attached to an aromatic ring is 1. The van der Waals surface area contributed by atoms with Gasteiger partial charge in [-0.1, -0.05) is 32.9 Å². The van der Waals surface area contributed by atoms with Crippen LogP contribution in [0.1, 0.15) is 45.1 Å². The molecule has 18 heavy (non-hydrogen) atoms. The fourth-order valence-corrected chi connectivity index (χ4v) is 2.78. The van der Waals surface area contributed by atoms with Gasteiger partial charge in [-0.15, -0.1) is 0 Å². The van der Waals surface area contributed by atoms with Crippen molar-refractivity contribution in [1.29, 1.82) is 0 Å². The Balaban J connectivity index is 1.82. The maximum Gasteiger partial charge on any atom is 0.0314 e. The second kappa shape index (κ2) is 5.31. The summed E-state index contributed by atoms with van der Waals surface area (Å²) in [6, 6.07) is 8.33. The van der Waals surface area contributed by atoms with Gasteiger partial charge >= 0.3 is 0 Å². The van der Waals surface area contributed by atoms with E-state index in [0.29, 0.717) is 11.3 Å². The lowest BCUT2D eigenvalue weighted by Crippen LogP contribution is -2.25. The van der Waals surface area contributed by atoms with Gasteiger partial charge in [-0.05, 0) is 55.0 Å². The molecule has 0 aliphatic carbocycles. The van der Waals surface area contributed by atoms with Gasteiger partial charge in [0.05, 0.1) is 0 Å². The molecule has 1 aromatic rings. The first-order valence-corrected chi connectivity index (χ1v) is 7.04. The molecular weight excluding hydrogens is 220 g/mol. The molecule has 1 heterocycles.